The molecule has 1 fully saturated rings. The molecule has 1 aliphatic heterocycles. The van der Waals surface area contributed by atoms with Crippen LogP contribution < -0.4 is 4.74 Å². The van der Waals surface area contributed by atoms with Crippen molar-refractivity contribution >= 4 is 23.8 Å². The highest BCUT2D eigenvalue weighted by Crippen LogP contribution is 2.41. The van der Waals surface area contributed by atoms with Crippen LogP contribution in [0.1, 0.15) is 10.9 Å². The number of methoxy groups -OCH3 is 1. The maximum atomic E-state index is 11.2. The average molecular weight is 283 g/mol. The summed E-state index contributed by atoms with van der Waals surface area (Å²) in [7, 11) is 1.54. The Morgan fingerprint density at radius 1 is 1.32 bits per heavy atom. The van der Waals surface area contributed by atoms with Gasteiger partial charge in [0, 0.05) is 5.75 Å². The summed E-state index contributed by atoms with van der Waals surface area (Å²) in [5.74, 6) is -0.201. The molecule has 1 heterocycles. The van der Waals surface area contributed by atoms with E-state index >= 15 is 0 Å². The van der Waals surface area contributed by atoms with Gasteiger partial charge in [0.1, 0.15) is 17.2 Å². The molecular weight excluding hydrogens is 270 g/mol. The largest absolute Gasteiger partial charge is 0.497 e. The Morgan fingerprint density at radius 3 is 2.42 bits per heavy atom. The third-order valence-corrected chi connectivity index (χ3v) is 4.23. The van der Waals surface area contributed by atoms with Crippen LogP contribution in [0.15, 0.2) is 24.3 Å². The molecule has 6 nitrogen and oxygen atoms in total. The number of thioether (sulfide) groups is 1. The number of amides is 1. The highest BCUT2D eigenvalue weighted by molar-refractivity contribution is 7.99. The molecule has 1 unspecified atom stereocenters. The van der Waals surface area contributed by atoms with Gasteiger partial charge in [0.05, 0.1) is 7.11 Å². The third-order valence-electron chi connectivity index (χ3n) is 2.91. The van der Waals surface area contributed by atoms with Crippen molar-refractivity contribution in [2.45, 2.75) is 11.4 Å². The lowest BCUT2D eigenvalue weighted by Crippen LogP contribution is -2.42. The maximum absolute atomic E-state index is 11.2. The number of hydrogen-bond donors (Lipinski definition) is 2. The van der Waals surface area contributed by atoms with E-state index in [1.807, 2.05) is 0 Å². The molecule has 1 aromatic carbocycles. The van der Waals surface area contributed by atoms with Crippen LogP contribution in [0, 0.1) is 0 Å². The summed E-state index contributed by atoms with van der Waals surface area (Å²) >= 11 is 1.31. The van der Waals surface area contributed by atoms with Crippen LogP contribution in [-0.4, -0.2) is 46.1 Å². The van der Waals surface area contributed by atoms with E-state index in [1.54, 1.807) is 31.4 Å². The van der Waals surface area contributed by atoms with E-state index in [-0.39, 0.29) is 5.75 Å². The molecule has 19 heavy (non-hydrogen) atoms. The lowest BCUT2D eigenvalue weighted by Gasteiger charge is -2.24. The smallest absolute Gasteiger partial charge is 0.409 e. The van der Waals surface area contributed by atoms with Crippen molar-refractivity contribution in [1.29, 1.82) is 0 Å². The molecule has 1 aromatic rings. The summed E-state index contributed by atoms with van der Waals surface area (Å²) in [6, 6.07) is 5.94. The molecule has 102 valence electrons. The van der Waals surface area contributed by atoms with Crippen molar-refractivity contribution < 1.29 is 24.5 Å². The molecule has 0 saturated carbocycles. The lowest BCUT2D eigenvalue weighted by molar-refractivity contribution is -0.141. The van der Waals surface area contributed by atoms with Crippen LogP contribution >= 0.6 is 11.8 Å². The number of nitrogens with zero attached hydrogens (tertiary/aromatic N) is 1. The Bertz CT molecular complexity index is 489. The Balaban J connectivity index is 2.27. The standard InChI is InChI=1S/C12H13NO5S/c1-18-8-4-2-7(3-5-8)10-13(12(16)17)9(6-19-10)11(14)15/h2-5,9-10H,6H2,1H3,(H,14,15)(H,16,17)/t9?,10-/m1/s1. The van der Waals surface area contributed by atoms with E-state index in [2.05, 4.69) is 0 Å². The first-order chi connectivity index (χ1) is 9.04. The molecule has 2 atom stereocenters. The molecule has 1 aliphatic rings. The normalized spacial score (nSPS) is 22.3. The highest BCUT2D eigenvalue weighted by Gasteiger charge is 2.42. The third kappa shape index (κ3) is 2.60. The fourth-order valence-electron chi connectivity index (χ4n) is 1.96. The summed E-state index contributed by atoms with van der Waals surface area (Å²) in [5, 5.41) is 17.7. The van der Waals surface area contributed by atoms with Gasteiger partial charge in [-0.05, 0) is 17.7 Å². The van der Waals surface area contributed by atoms with E-state index in [0.29, 0.717) is 5.75 Å². The van der Waals surface area contributed by atoms with Gasteiger partial charge in [-0.3, -0.25) is 4.90 Å². The van der Waals surface area contributed by atoms with E-state index in [0.717, 1.165) is 10.5 Å². The number of aliphatic carboxylic acids is 1. The molecular formula is C12H13NO5S. The second kappa shape index (κ2) is 5.40. The number of carboxylic acids is 1. The maximum Gasteiger partial charge on any atom is 0.409 e. The van der Waals surface area contributed by atoms with Crippen LogP contribution in [0.2, 0.25) is 0 Å². The SMILES string of the molecule is COc1ccc([C@H]2SCC(C(=O)O)N2C(=O)O)cc1. The van der Waals surface area contributed by atoms with Crippen molar-refractivity contribution in [3.8, 4) is 5.75 Å². The Morgan fingerprint density at radius 2 is 1.95 bits per heavy atom. The monoisotopic (exact) mass is 283 g/mol. The number of ether oxygens (including phenoxy) is 1. The highest BCUT2D eigenvalue weighted by atomic mass is 32.2. The lowest BCUT2D eigenvalue weighted by atomic mass is 10.2. The average Bonchev–Trinajstić information content (AvgIpc) is 2.83. The minimum absolute atomic E-state index is 0.248. The molecule has 0 bridgehead atoms. The van der Waals surface area contributed by atoms with E-state index in [1.165, 1.54) is 11.8 Å². The van der Waals surface area contributed by atoms with E-state index in [9.17, 15) is 14.7 Å². The van der Waals surface area contributed by atoms with Crippen molar-refractivity contribution in [3.05, 3.63) is 29.8 Å². The molecule has 1 amide bonds. The Kier molecular flexibility index (Phi) is 3.84. The minimum Gasteiger partial charge on any atom is -0.497 e. The second-order valence-electron chi connectivity index (χ2n) is 4.00. The molecule has 7 heteroatoms. The van der Waals surface area contributed by atoms with Gasteiger partial charge in [0.2, 0.25) is 0 Å². The van der Waals surface area contributed by atoms with Gasteiger partial charge >= 0.3 is 12.1 Å². The fraction of sp³-hybridized carbons (Fsp3) is 0.333. The van der Waals surface area contributed by atoms with Crippen LogP contribution in [0.5, 0.6) is 5.75 Å². The van der Waals surface area contributed by atoms with Crippen molar-refractivity contribution in [2.75, 3.05) is 12.9 Å². The Labute approximate surface area is 114 Å². The minimum atomic E-state index is -1.22. The fourth-order valence-corrected chi connectivity index (χ4v) is 3.37. The van der Waals surface area contributed by atoms with Crippen molar-refractivity contribution in [2.24, 2.45) is 0 Å². The number of carboxylic acid groups (broad SMARTS) is 2. The van der Waals surface area contributed by atoms with Crippen molar-refractivity contribution in [3.63, 3.8) is 0 Å². The second-order valence-corrected chi connectivity index (χ2v) is 5.12. The molecule has 2 N–H and O–H groups in total. The van der Waals surface area contributed by atoms with Gasteiger partial charge in [-0.1, -0.05) is 12.1 Å². The molecule has 0 radical (unpaired) electrons. The molecule has 0 aliphatic carbocycles. The molecule has 1 saturated heterocycles. The van der Waals surface area contributed by atoms with E-state index in [4.69, 9.17) is 9.84 Å². The van der Waals surface area contributed by atoms with Gasteiger partial charge in [0.15, 0.2) is 0 Å². The molecule has 0 spiro atoms. The zero-order valence-electron chi connectivity index (χ0n) is 10.1. The number of hydrogen-bond acceptors (Lipinski definition) is 4. The first kappa shape index (κ1) is 13.5. The number of carbonyl (C=O) groups is 2. The zero-order chi connectivity index (χ0) is 14.0. The van der Waals surface area contributed by atoms with Gasteiger partial charge in [-0.25, -0.2) is 9.59 Å². The summed E-state index contributed by atoms with van der Waals surface area (Å²) in [6.07, 6.45) is -1.22. The van der Waals surface area contributed by atoms with Gasteiger partial charge < -0.3 is 14.9 Å². The molecule has 2 rings (SSSR count). The quantitative estimate of drug-likeness (QED) is 0.880. The summed E-state index contributed by atoms with van der Waals surface area (Å²) in [5.41, 5.74) is 0.747. The topological polar surface area (TPSA) is 87.1 Å². The van der Waals surface area contributed by atoms with Gasteiger partial charge in [-0.2, -0.15) is 0 Å². The van der Waals surface area contributed by atoms with Crippen LogP contribution in [-0.2, 0) is 4.79 Å². The van der Waals surface area contributed by atoms with Crippen LogP contribution in [0.3, 0.4) is 0 Å². The Hall–Kier alpha value is -1.89. The predicted molar refractivity (Wildman–Crippen MR) is 69.5 cm³/mol. The summed E-state index contributed by atoms with van der Waals surface area (Å²) in [6.45, 7) is 0. The van der Waals surface area contributed by atoms with E-state index < -0.39 is 23.5 Å². The first-order valence-corrected chi connectivity index (χ1v) is 6.59. The first-order valence-electron chi connectivity index (χ1n) is 5.54. The number of rotatable bonds is 3. The van der Waals surface area contributed by atoms with Gasteiger partial charge in [0.25, 0.3) is 0 Å². The summed E-state index contributed by atoms with van der Waals surface area (Å²) < 4.78 is 5.03. The number of benzene rings is 1. The van der Waals surface area contributed by atoms with Crippen molar-refractivity contribution in [1.82, 2.24) is 4.90 Å². The van der Waals surface area contributed by atoms with Gasteiger partial charge in [-0.15, -0.1) is 11.8 Å². The molecule has 0 aromatic heterocycles. The predicted octanol–water partition coefficient (Wildman–Crippen LogP) is 1.87. The van der Waals surface area contributed by atoms with Crippen LogP contribution in [0.4, 0.5) is 4.79 Å². The zero-order valence-corrected chi connectivity index (χ0v) is 11.0. The van der Waals surface area contributed by atoms with Crippen LogP contribution in [0.25, 0.3) is 0 Å². The summed E-state index contributed by atoms with van der Waals surface area (Å²) in [4.78, 5) is 23.3.